The lowest BCUT2D eigenvalue weighted by atomic mass is 9.98. The molecule has 2 amide bonds. The molecule has 0 heterocycles. The van der Waals surface area contributed by atoms with E-state index in [1.165, 1.54) is 6.07 Å². The van der Waals surface area contributed by atoms with Gasteiger partial charge in [0.25, 0.3) is 0 Å². The fourth-order valence-electron chi connectivity index (χ4n) is 2.70. The summed E-state index contributed by atoms with van der Waals surface area (Å²) < 4.78 is 13.1. The zero-order valence-corrected chi connectivity index (χ0v) is 12.0. The van der Waals surface area contributed by atoms with Gasteiger partial charge >= 0.3 is 12.0 Å². The number of urea groups is 1. The van der Waals surface area contributed by atoms with Crippen molar-refractivity contribution < 1.29 is 19.1 Å². The summed E-state index contributed by atoms with van der Waals surface area (Å²) in [5.41, 5.74) is -0.182. The van der Waals surface area contributed by atoms with Gasteiger partial charge in [-0.15, -0.1) is 0 Å². The zero-order chi connectivity index (χ0) is 15.6. The van der Waals surface area contributed by atoms with Crippen LogP contribution in [-0.4, -0.2) is 23.1 Å². The number of anilines is 1. The minimum atomic E-state index is -1.28. The Hall–Kier alpha value is -2.11. The Bertz CT molecular complexity index is 562. The highest BCUT2D eigenvalue weighted by Gasteiger charge is 2.30. The second kappa shape index (κ2) is 6.11. The van der Waals surface area contributed by atoms with Crippen LogP contribution in [0.15, 0.2) is 18.2 Å². The Morgan fingerprint density at radius 1 is 1.29 bits per heavy atom. The highest BCUT2D eigenvalue weighted by atomic mass is 19.1. The molecule has 21 heavy (non-hydrogen) atoms. The summed E-state index contributed by atoms with van der Waals surface area (Å²) in [7, 11) is 0. The van der Waals surface area contributed by atoms with Gasteiger partial charge in [0, 0.05) is 6.04 Å². The molecule has 1 aromatic rings. The van der Waals surface area contributed by atoms with Gasteiger partial charge in [0.15, 0.2) is 0 Å². The van der Waals surface area contributed by atoms with Crippen molar-refractivity contribution in [1.29, 1.82) is 0 Å². The molecule has 5 nitrogen and oxygen atoms in total. The van der Waals surface area contributed by atoms with E-state index in [4.69, 9.17) is 5.11 Å². The maximum atomic E-state index is 13.1. The number of halogens is 1. The van der Waals surface area contributed by atoms with Crippen LogP contribution in [0.1, 0.15) is 37.0 Å². The molecular formula is C15H19FN2O3. The Kier molecular flexibility index (Phi) is 4.45. The number of rotatable bonds is 3. The molecule has 0 radical (unpaired) electrons. The van der Waals surface area contributed by atoms with E-state index in [0.717, 1.165) is 25.0 Å². The van der Waals surface area contributed by atoms with Crippen LogP contribution in [-0.2, 0) is 0 Å². The van der Waals surface area contributed by atoms with Crippen molar-refractivity contribution in [3.8, 4) is 0 Å². The quantitative estimate of drug-likeness (QED) is 0.801. The topological polar surface area (TPSA) is 78.4 Å². The Balaban J connectivity index is 2.05. The zero-order valence-electron chi connectivity index (χ0n) is 12.0. The van der Waals surface area contributed by atoms with Gasteiger partial charge in [-0.2, -0.15) is 0 Å². The molecule has 0 spiro atoms. The van der Waals surface area contributed by atoms with Crippen molar-refractivity contribution in [3.05, 3.63) is 29.6 Å². The van der Waals surface area contributed by atoms with Crippen LogP contribution >= 0.6 is 0 Å². The van der Waals surface area contributed by atoms with Crippen molar-refractivity contribution in [2.24, 2.45) is 11.8 Å². The molecule has 2 rings (SSSR count). The van der Waals surface area contributed by atoms with Crippen LogP contribution in [0.2, 0.25) is 0 Å². The van der Waals surface area contributed by atoms with Crippen molar-refractivity contribution in [1.82, 2.24) is 5.32 Å². The van der Waals surface area contributed by atoms with E-state index in [9.17, 15) is 14.0 Å². The molecule has 1 aliphatic carbocycles. The van der Waals surface area contributed by atoms with E-state index in [-0.39, 0.29) is 17.3 Å². The molecular weight excluding hydrogens is 275 g/mol. The number of amides is 2. The molecule has 114 valence electrons. The molecule has 0 aliphatic heterocycles. The van der Waals surface area contributed by atoms with Crippen LogP contribution in [0.4, 0.5) is 14.9 Å². The Labute approximate surface area is 122 Å². The first kappa shape index (κ1) is 15.3. The molecule has 1 aliphatic rings. The molecule has 1 saturated carbocycles. The molecule has 3 N–H and O–H groups in total. The van der Waals surface area contributed by atoms with Crippen LogP contribution in [0, 0.1) is 17.7 Å². The largest absolute Gasteiger partial charge is 0.478 e. The van der Waals surface area contributed by atoms with Gasteiger partial charge in [0.1, 0.15) is 5.82 Å². The summed E-state index contributed by atoms with van der Waals surface area (Å²) in [6, 6.07) is 2.86. The second-order valence-electron chi connectivity index (χ2n) is 5.61. The van der Waals surface area contributed by atoms with E-state index in [1.54, 1.807) is 0 Å². The second-order valence-corrected chi connectivity index (χ2v) is 5.61. The van der Waals surface area contributed by atoms with Crippen molar-refractivity contribution in [3.63, 3.8) is 0 Å². The Morgan fingerprint density at radius 2 is 2.00 bits per heavy atom. The van der Waals surface area contributed by atoms with Crippen LogP contribution in [0.5, 0.6) is 0 Å². The van der Waals surface area contributed by atoms with Gasteiger partial charge in [-0.25, -0.2) is 14.0 Å². The summed E-state index contributed by atoms with van der Waals surface area (Å²) in [6.07, 6.45) is 1.97. The smallest absolute Gasteiger partial charge is 0.337 e. The predicted molar refractivity (Wildman–Crippen MR) is 76.9 cm³/mol. The van der Waals surface area contributed by atoms with E-state index in [1.807, 2.05) is 0 Å². The summed E-state index contributed by atoms with van der Waals surface area (Å²) in [6.45, 7) is 4.23. The summed E-state index contributed by atoms with van der Waals surface area (Å²) in [4.78, 5) is 23.0. The average Bonchev–Trinajstić information content (AvgIpc) is 2.72. The van der Waals surface area contributed by atoms with Crippen LogP contribution < -0.4 is 10.6 Å². The number of nitrogens with one attached hydrogen (secondary N) is 2. The van der Waals surface area contributed by atoms with Gasteiger partial charge in [0.05, 0.1) is 11.3 Å². The highest BCUT2D eigenvalue weighted by Crippen LogP contribution is 2.31. The number of carboxylic acids is 1. The maximum absolute atomic E-state index is 13.1. The lowest BCUT2D eigenvalue weighted by Crippen LogP contribution is -2.40. The lowest BCUT2D eigenvalue weighted by molar-refractivity contribution is 0.0697. The third-order valence-corrected chi connectivity index (χ3v) is 4.24. The van der Waals surface area contributed by atoms with Crippen molar-refractivity contribution >= 4 is 17.7 Å². The van der Waals surface area contributed by atoms with Crippen molar-refractivity contribution in [2.45, 2.75) is 32.7 Å². The lowest BCUT2D eigenvalue weighted by Gasteiger charge is -2.20. The summed E-state index contributed by atoms with van der Waals surface area (Å²) in [5.74, 6) is -1.01. The number of carboxylic acid groups (broad SMARTS) is 1. The molecule has 1 aromatic carbocycles. The maximum Gasteiger partial charge on any atom is 0.337 e. The third-order valence-electron chi connectivity index (χ3n) is 4.24. The van der Waals surface area contributed by atoms with Gasteiger partial charge in [-0.05, 0) is 42.9 Å². The van der Waals surface area contributed by atoms with Crippen LogP contribution in [0.3, 0.4) is 0 Å². The summed E-state index contributed by atoms with van der Waals surface area (Å²) in [5, 5.41) is 14.4. The summed E-state index contributed by atoms with van der Waals surface area (Å²) >= 11 is 0. The first-order valence-electron chi connectivity index (χ1n) is 6.99. The SMILES string of the molecule is CC1CCC(NC(=O)Nc2ccc(F)cc2C(=O)O)C1C. The molecule has 6 heteroatoms. The molecule has 1 fully saturated rings. The number of hydrogen-bond acceptors (Lipinski definition) is 2. The average molecular weight is 294 g/mol. The normalized spacial score (nSPS) is 24.6. The first-order chi connectivity index (χ1) is 9.88. The van der Waals surface area contributed by atoms with Gasteiger partial charge in [0.2, 0.25) is 0 Å². The van der Waals surface area contributed by atoms with Crippen molar-refractivity contribution in [2.75, 3.05) is 5.32 Å². The van der Waals surface area contributed by atoms with Gasteiger partial charge in [-0.3, -0.25) is 0 Å². The molecule has 3 unspecified atom stereocenters. The molecule has 3 atom stereocenters. The number of carbonyl (C=O) groups is 2. The first-order valence-corrected chi connectivity index (χ1v) is 6.99. The number of aromatic carboxylic acids is 1. The van der Waals surface area contributed by atoms with Gasteiger partial charge in [-0.1, -0.05) is 13.8 Å². The van der Waals surface area contributed by atoms with Gasteiger partial charge < -0.3 is 15.7 Å². The standard InChI is InChI=1S/C15H19FN2O3/c1-8-3-5-12(9(8)2)17-15(21)18-13-6-4-10(16)7-11(13)14(19)20/h4,6-9,12H,3,5H2,1-2H3,(H,19,20)(H2,17,18,21). The minimum absolute atomic E-state index is 0.0775. The van der Waals surface area contributed by atoms with E-state index >= 15 is 0 Å². The van der Waals surface area contributed by atoms with E-state index in [0.29, 0.717) is 11.8 Å². The van der Waals surface area contributed by atoms with E-state index in [2.05, 4.69) is 24.5 Å². The number of carbonyl (C=O) groups excluding carboxylic acids is 1. The Morgan fingerprint density at radius 3 is 2.57 bits per heavy atom. The minimum Gasteiger partial charge on any atom is -0.478 e. The third kappa shape index (κ3) is 3.51. The fourth-order valence-corrected chi connectivity index (χ4v) is 2.70. The molecule has 0 bridgehead atoms. The fraction of sp³-hybridized carbons (Fsp3) is 0.467. The monoisotopic (exact) mass is 294 g/mol. The number of benzene rings is 1. The molecule has 0 saturated heterocycles. The molecule has 0 aromatic heterocycles. The van der Waals surface area contributed by atoms with Crippen LogP contribution in [0.25, 0.3) is 0 Å². The highest BCUT2D eigenvalue weighted by molar-refractivity contribution is 6.00. The predicted octanol–water partition coefficient (Wildman–Crippen LogP) is 3.08. The van der Waals surface area contributed by atoms with E-state index < -0.39 is 17.8 Å². The number of hydrogen-bond donors (Lipinski definition) is 3.